The highest BCUT2D eigenvalue weighted by Gasteiger charge is 2.11. The Morgan fingerprint density at radius 3 is 2.35 bits per heavy atom. The Morgan fingerprint density at radius 1 is 1.06 bits per heavy atom. The number of carbonyl (C=O) groups excluding carboxylic acids is 1. The minimum Gasteiger partial charge on any atom is -0.494 e. The molecule has 0 saturated heterocycles. The van der Waals surface area contributed by atoms with E-state index in [0.717, 1.165) is 5.75 Å². The van der Waals surface area contributed by atoms with Crippen LogP contribution in [-0.2, 0) is 6.54 Å². The SMILES string of the molecule is C=CCn1c(=S)[nH]c2cc(C(=O)Nc3ccc(Oc4ccc(OCC)cc4)cc3)ccc2c1=O. The summed E-state index contributed by atoms with van der Waals surface area (Å²) < 4.78 is 13.0. The normalized spacial score (nSPS) is 10.6. The number of rotatable bonds is 8. The standard InChI is InChI=1S/C26H23N3O4S/c1-3-15-29-25(31)22-14-5-17(16-23(22)28-26(29)34)24(30)27-18-6-8-20(9-7-18)33-21-12-10-19(11-13-21)32-4-2/h3,5-14,16H,1,4,15H2,2H3,(H,27,30)(H,28,34). The van der Waals surface area contributed by atoms with E-state index >= 15 is 0 Å². The first-order valence-corrected chi connectivity index (χ1v) is 11.1. The summed E-state index contributed by atoms with van der Waals surface area (Å²) in [5.41, 5.74) is 1.28. The second-order valence-corrected chi connectivity index (χ2v) is 7.77. The Hall–Kier alpha value is -4.17. The van der Waals surface area contributed by atoms with Crippen LogP contribution in [0.2, 0.25) is 0 Å². The lowest BCUT2D eigenvalue weighted by Gasteiger charge is -2.10. The first kappa shape index (κ1) is 23.0. The van der Waals surface area contributed by atoms with Crippen molar-refractivity contribution in [3.8, 4) is 17.2 Å². The van der Waals surface area contributed by atoms with Crippen LogP contribution < -0.4 is 20.3 Å². The smallest absolute Gasteiger partial charge is 0.262 e. The van der Waals surface area contributed by atoms with Gasteiger partial charge in [-0.05, 0) is 85.9 Å². The molecule has 172 valence electrons. The van der Waals surface area contributed by atoms with Crippen molar-refractivity contribution in [2.75, 3.05) is 11.9 Å². The van der Waals surface area contributed by atoms with E-state index in [0.29, 0.717) is 46.8 Å². The number of aromatic nitrogens is 2. The lowest BCUT2D eigenvalue weighted by atomic mass is 10.1. The van der Waals surface area contributed by atoms with Crippen LogP contribution in [0.3, 0.4) is 0 Å². The number of carbonyl (C=O) groups is 1. The van der Waals surface area contributed by atoms with E-state index in [1.807, 2.05) is 31.2 Å². The molecule has 1 heterocycles. The van der Waals surface area contributed by atoms with Crippen molar-refractivity contribution in [3.05, 3.63) is 100 Å². The number of anilines is 1. The van der Waals surface area contributed by atoms with Gasteiger partial charge in [-0.3, -0.25) is 14.2 Å². The van der Waals surface area contributed by atoms with Crippen molar-refractivity contribution >= 4 is 34.7 Å². The molecule has 0 unspecified atom stereocenters. The Kier molecular flexibility index (Phi) is 6.89. The highest BCUT2D eigenvalue weighted by molar-refractivity contribution is 7.71. The second-order valence-electron chi connectivity index (χ2n) is 7.38. The third kappa shape index (κ3) is 5.07. The fraction of sp³-hybridized carbons (Fsp3) is 0.115. The minimum absolute atomic E-state index is 0.228. The average molecular weight is 474 g/mol. The Labute approximate surface area is 201 Å². The largest absolute Gasteiger partial charge is 0.494 e. The highest BCUT2D eigenvalue weighted by atomic mass is 32.1. The van der Waals surface area contributed by atoms with Crippen molar-refractivity contribution < 1.29 is 14.3 Å². The zero-order chi connectivity index (χ0) is 24.1. The maximum absolute atomic E-state index is 12.8. The minimum atomic E-state index is -0.309. The number of aromatic amines is 1. The van der Waals surface area contributed by atoms with Crippen molar-refractivity contribution in [3.63, 3.8) is 0 Å². The van der Waals surface area contributed by atoms with Gasteiger partial charge in [-0.1, -0.05) is 6.08 Å². The quantitative estimate of drug-likeness (QED) is 0.254. The zero-order valence-electron chi connectivity index (χ0n) is 18.5. The molecule has 2 N–H and O–H groups in total. The van der Waals surface area contributed by atoms with Crippen molar-refractivity contribution in [2.24, 2.45) is 0 Å². The Morgan fingerprint density at radius 2 is 1.71 bits per heavy atom. The third-order valence-corrected chi connectivity index (χ3v) is 5.36. The van der Waals surface area contributed by atoms with Crippen molar-refractivity contribution in [1.29, 1.82) is 0 Å². The summed E-state index contributed by atoms with van der Waals surface area (Å²) in [7, 11) is 0. The number of hydrogen-bond donors (Lipinski definition) is 2. The molecule has 34 heavy (non-hydrogen) atoms. The molecule has 4 rings (SSSR count). The van der Waals surface area contributed by atoms with Crippen LogP contribution in [-0.4, -0.2) is 22.1 Å². The number of H-pyrrole nitrogens is 1. The molecule has 0 aliphatic carbocycles. The Balaban J connectivity index is 1.47. The molecule has 8 heteroatoms. The molecule has 0 radical (unpaired) electrons. The van der Waals surface area contributed by atoms with E-state index in [2.05, 4.69) is 16.9 Å². The summed E-state index contributed by atoms with van der Waals surface area (Å²) in [5.74, 6) is 1.79. The molecule has 3 aromatic carbocycles. The molecule has 0 bridgehead atoms. The summed E-state index contributed by atoms with van der Waals surface area (Å²) >= 11 is 5.26. The summed E-state index contributed by atoms with van der Waals surface area (Å²) in [6.45, 7) is 6.49. The topological polar surface area (TPSA) is 85.3 Å². The molecule has 7 nitrogen and oxygen atoms in total. The van der Waals surface area contributed by atoms with E-state index in [4.69, 9.17) is 21.7 Å². The van der Waals surface area contributed by atoms with E-state index in [1.165, 1.54) is 4.57 Å². The number of benzene rings is 3. The predicted octanol–water partition coefficient (Wildman–Crippen LogP) is 5.69. The molecule has 0 spiro atoms. The maximum Gasteiger partial charge on any atom is 0.262 e. The number of nitrogens with zero attached hydrogens (tertiary/aromatic N) is 1. The van der Waals surface area contributed by atoms with Crippen molar-refractivity contribution in [2.45, 2.75) is 13.5 Å². The first-order valence-electron chi connectivity index (χ1n) is 10.7. The van der Waals surface area contributed by atoms with Crippen molar-refractivity contribution in [1.82, 2.24) is 9.55 Å². The molecule has 0 saturated carbocycles. The number of nitrogens with one attached hydrogen (secondary N) is 2. The van der Waals surface area contributed by atoms with E-state index in [9.17, 15) is 9.59 Å². The van der Waals surface area contributed by atoms with Crippen LogP contribution in [0.15, 0.2) is 84.2 Å². The van der Waals surface area contributed by atoms with E-state index in [1.54, 1.807) is 48.5 Å². The molecular weight excluding hydrogens is 450 g/mol. The van der Waals surface area contributed by atoms with E-state index in [-0.39, 0.29) is 16.2 Å². The summed E-state index contributed by atoms with van der Waals surface area (Å²) in [5, 5.41) is 3.30. The molecule has 0 fully saturated rings. The number of ether oxygens (including phenoxy) is 2. The molecule has 1 aromatic heterocycles. The van der Waals surface area contributed by atoms with Gasteiger partial charge < -0.3 is 19.8 Å². The molecular formula is C26H23N3O4S. The zero-order valence-corrected chi connectivity index (χ0v) is 19.4. The number of amides is 1. The fourth-order valence-corrected chi connectivity index (χ4v) is 3.67. The first-order chi connectivity index (χ1) is 16.5. The third-order valence-electron chi connectivity index (χ3n) is 5.04. The summed E-state index contributed by atoms with van der Waals surface area (Å²) in [6, 6.07) is 19.2. The average Bonchev–Trinajstić information content (AvgIpc) is 2.84. The van der Waals surface area contributed by atoms with Gasteiger partial charge in [-0.25, -0.2) is 0 Å². The predicted molar refractivity (Wildman–Crippen MR) is 136 cm³/mol. The monoisotopic (exact) mass is 473 g/mol. The van der Waals surface area contributed by atoms with Gasteiger partial charge >= 0.3 is 0 Å². The molecule has 4 aromatic rings. The van der Waals surface area contributed by atoms with Gasteiger partial charge in [0.15, 0.2) is 4.77 Å². The number of fused-ring (bicyclic) bond motifs is 1. The van der Waals surface area contributed by atoms with Gasteiger partial charge in [0.05, 0.1) is 17.5 Å². The van der Waals surface area contributed by atoms with Gasteiger partial charge in [0.2, 0.25) is 0 Å². The van der Waals surface area contributed by atoms with Gasteiger partial charge in [-0.15, -0.1) is 6.58 Å². The van der Waals surface area contributed by atoms with Gasteiger partial charge in [0.1, 0.15) is 17.2 Å². The lowest BCUT2D eigenvalue weighted by Crippen LogP contribution is -2.22. The molecule has 1 amide bonds. The van der Waals surface area contributed by atoms with Gasteiger partial charge in [0, 0.05) is 17.8 Å². The summed E-state index contributed by atoms with van der Waals surface area (Å²) in [6.07, 6.45) is 1.60. The van der Waals surface area contributed by atoms with Gasteiger partial charge in [0.25, 0.3) is 11.5 Å². The van der Waals surface area contributed by atoms with Crippen LogP contribution in [0.4, 0.5) is 5.69 Å². The maximum atomic E-state index is 12.8. The number of allylic oxidation sites excluding steroid dienone is 1. The van der Waals surface area contributed by atoms with Crippen LogP contribution in [0.1, 0.15) is 17.3 Å². The fourth-order valence-electron chi connectivity index (χ4n) is 3.41. The molecule has 0 aliphatic rings. The number of hydrogen-bond acceptors (Lipinski definition) is 5. The molecule has 0 aliphatic heterocycles. The lowest BCUT2D eigenvalue weighted by molar-refractivity contribution is 0.102. The van der Waals surface area contributed by atoms with Crippen LogP contribution in [0.5, 0.6) is 17.2 Å². The van der Waals surface area contributed by atoms with Crippen LogP contribution in [0.25, 0.3) is 10.9 Å². The van der Waals surface area contributed by atoms with Crippen LogP contribution >= 0.6 is 12.2 Å². The van der Waals surface area contributed by atoms with E-state index < -0.39 is 0 Å². The van der Waals surface area contributed by atoms with Crippen LogP contribution in [0, 0.1) is 4.77 Å². The van der Waals surface area contributed by atoms with Gasteiger partial charge in [-0.2, -0.15) is 0 Å². The molecule has 0 atom stereocenters. The Bertz CT molecular complexity index is 1460. The second kappa shape index (κ2) is 10.2. The highest BCUT2D eigenvalue weighted by Crippen LogP contribution is 2.25. The summed E-state index contributed by atoms with van der Waals surface area (Å²) in [4.78, 5) is 28.4.